The Bertz CT molecular complexity index is 1160. The van der Waals surface area contributed by atoms with Crippen LogP contribution in [0, 0.1) is 0 Å². The van der Waals surface area contributed by atoms with Crippen LogP contribution >= 0.6 is 7.26 Å². The molecular weight excluding hydrogens is 647 g/mol. The molecule has 0 amide bonds. The molecule has 0 spiro atoms. The fourth-order valence-electron chi connectivity index (χ4n) is 3.63. The Labute approximate surface area is 258 Å². The molecule has 0 fully saturated rings. The Morgan fingerprint density at radius 3 is 1.45 bits per heavy atom. The predicted molar refractivity (Wildman–Crippen MR) is 163 cm³/mol. The van der Waals surface area contributed by atoms with Gasteiger partial charge < -0.3 is 52.5 Å². The van der Waals surface area contributed by atoms with Gasteiger partial charge in [-0.1, -0.05) is 54.6 Å². The second-order valence-electron chi connectivity index (χ2n) is 8.06. The van der Waals surface area contributed by atoms with Gasteiger partial charge in [-0.15, -0.1) is 0 Å². The van der Waals surface area contributed by atoms with Gasteiger partial charge in [0.15, 0.2) is 0 Å². The van der Waals surface area contributed by atoms with Gasteiger partial charge in [-0.2, -0.15) is 20.4 Å². The number of rotatable bonds is 8. The normalized spacial score (nSPS) is 12.7. The third kappa shape index (κ3) is 8.66. The molecule has 0 unspecified atom stereocenters. The SMILES string of the molecule is CNC([S-])=NN=C(C)C(C)=NN=C([S-])N(C)C[P+](c1ccccc1)(c1ccccc1)c1ccccc1.[Br-].[Cu+2]. The first kappa shape index (κ1) is 33.8. The van der Waals surface area contributed by atoms with E-state index in [1.807, 2.05) is 18.9 Å². The molecule has 38 heavy (non-hydrogen) atoms. The molecule has 0 atom stereocenters. The van der Waals surface area contributed by atoms with Crippen molar-refractivity contribution in [3.05, 3.63) is 91.0 Å². The maximum Gasteiger partial charge on any atom is 2.00 e. The van der Waals surface area contributed by atoms with Crippen LogP contribution in [0.1, 0.15) is 13.8 Å². The molecule has 0 heterocycles. The minimum absolute atomic E-state index is 0. The fourth-order valence-corrected chi connectivity index (χ4v) is 8.07. The zero-order chi connectivity index (χ0) is 26.0. The van der Waals surface area contributed by atoms with E-state index in [-0.39, 0.29) is 34.1 Å². The Balaban J connectivity index is 0.00000361. The van der Waals surface area contributed by atoms with Crippen LogP contribution in [-0.2, 0) is 42.3 Å². The van der Waals surface area contributed by atoms with Crippen LogP contribution in [0.15, 0.2) is 111 Å². The molecule has 0 aromatic heterocycles. The van der Waals surface area contributed by atoms with Crippen LogP contribution in [0.4, 0.5) is 0 Å². The Kier molecular flexibility index (Phi) is 14.9. The molecule has 6 nitrogen and oxygen atoms in total. The van der Waals surface area contributed by atoms with Crippen molar-refractivity contribution in [3.63, 3.8) is 0 Å². The Morgan fingerprint density at radius 2 is 1.08 bits per heavy atom. The number of hydrogen-bond acceptors (Lipinski definition) is 6. The van der Waals surface area contributed by atoms with Crippen molar-refractivity contribution in [2.45, 2.75) is 13.8 Å². The Hall–Kier alpha value is -2.19. The summed E-state index contributed by atoms with van der Waals surface area (Å²) in [7, 11) is 1.59. The van der Waals surface area contributed by atoms with Crippen LogP contribution in [-0.4, -0.2) is 47.0 Å². The van der Waals surface area contributed by atoms with E-state index in [0.29, 0.717) is 28.0 Å². The summed E-state index contributed by atoms with van der Waals surface area (Å²) in [5, 5.41) is 24.0. The van der Waals surface area contributed by atoms with E-state index in [1.54, 1.807) is 14.0 Å². The number of amidine groups is 2. The molecule has 3 rings (SSSR count). The first-order chi connectivity index (χ1) is 17.4. The first-order valence-electron chi connectivity index (χ1n) is 11.4. The van der Waals surface area contributed by atoms with Crippen LogP contribution < -0.4 is 38.2 Å². The zero-order valence-electron chi connectivity index (χ0n) is 21.5. The second kappa shape index (κ2) is 16.7. The van der Waals surface area contributed by atoms with Crippen molar-refractivity contribution in [1.29, 1.82) is 0 Å². The largest absolute Gasteiger partial charge is 2.00 e. The third-order valence-electron chi connectivity index (χ3n) is 5.66. The van der Waals surface area contributed by atoms with E-state index in [0.717, 1.165) is 0 Å². The standard InChI is InChI=1S/C27H31N6PS2.BrH.Cu/c1-21(29-31-26(35)28-3)22(2)30-32-27(36)33(4)20-34(23-14-8-5-9-15-23,24-16-10-6-11-17-24)25-18-12-7-13-19-25;;/h5-19H,20H2,1-4H3,(H2-,28,29,30,31,32,35,36);1H;/q;;+2/p-2. The monoisotopic (exact) mass is 675 g/mol. The summed E-state index contributed by atoms with van der Waals surface area (Å²) in [6.45, 7) is 3.62. The maximum absolute atomic E-state index is 5.70. The molecule has 0 saturated heterocycles. The van der Waals surface area contributed by atoms with Crippen molar-refractivity contribution in [2.75, 3.05) is 20.4 Å². The molecule has 0 aliphatic carbocycles. The number of halogens is 1. The summed E-state index contributed by atoms with van der Waals surface area (Å²) in [6.07, 6.45) is 0.681. The molecule has 203 valence electrons. The zero-order valence-corrected chi connectivity index (χ0v) is 26.6. The quantitative estimate of drug-likeness (QED) is 0.0952. The molecular formula is C27H30BrCuN6PS2. The van der Waals surface area contributed by atoms with Crippen molar-refractivity contribution >= 4 is 70.2 Å². The average Bonchev–Trinajstić information content (AvgIpc) is 2.94. The minimum atomic E-state index is -2.09. The molecule has 3 aromatic carbocycles. The second-order valence-corrected chi connectivity index (χ2v) is 12.3. The minimum Gasteiger partial charge on any atom is -1.00 e. The molecule has 3 aromatic rings. The molecule has 0 saturated carbocycles. The van der Waals surface area contributed by atoms with Gasteiger partial charge in [0.25, 0.3) is 0 Å². The van der Waals surface area contributed by atoms with Gasteiger partial charge in [-0.3, -0.25) is 0 Å². The van der Waals surface area contributed by atoms with Gasteiger partial charge in [-0.05, 0) is 55.4 Å². The molecule has 0 bridgehead atoms. The molecule has 1 N–H and O–H groups in total. The van der Waals surface area contributed by atoms with Gasteiger partial charge in [0, 0.05) is 19.3 Å². The van der Waals surface area contributed by atoms with Crippen LogP contribution in [0.25, 0.3) is 0 Å². The molecule has 11 heteroatoms. The summed E-state index contributed by atoms with van der Waals surface area (Å²) in [4.78, 5) is 2.01. The van der Waals surface area contributed by atoms with E-state index in [1.165, 1.54) is 15.9 Å². The van der Waals surface area contributed by atoms with E-state index in [2.05, 4.69) is 117 Å². The summed E-state index contributed by atoms with van der Waals surface area (Å²) in [5.74, 6) is 0. The van der Waals surface area contributed by atoms with Gasteiger partial charge in [0.1, 0.15) is 29.5 Å². The Morgan fingerprint density at radius 1 is 0.711 bits per heavy atom. The van der Waals surface area contributed by atoms with Crippen LogP contribution in [0.2, 0.25) is 0 Å². The van der Waals surface area contributed by atoms with Gasteiger partial charge >= 0.3 is 17.1 Å². The van der Waals surface area contributed by atoms with Crippen LogP contribution in [0.3, 0.4) is 0 Å². The van der Waals surface area contributed by atoms with Crippen molar-refractivity contribution < 1.29 is 34.1 Å². The van der Waals surface area contributed by atoms with Gasteiger partial charge in [0.2, 0.25) is 0 Å². The van der Waals surface area contributed by atoms with E-state index < -0.39 is 7.26 Å². The fraction of sp³-hybridized carbons (Fsp3) is 0.185. The first-order valence-corrected chi connectivity index (χ1v) is 14.2. The predicted octanol–water partition coefficient (Wildman–Crippen LogP) is 0.648. The maximum atomic E-state index is 5.70. The van der Waals surface area contributed by atoms with E-state index in [4.69, 9.17) is 25.3 Å². The number of nitrogens with zero attached hydrogens (tertiary/aromatic N) is 5. The summed E-state index contributed by atoms with van der Waals surface area (Å²) in [5.41, 5.74) is 1.23. The smallest absolute Gasteiger partial charge is 1.00 e. The van der Waals surface area contributed by atoms with Crippen molar-refractivity contribution in [2.24, 2.45) is 20.4 Å². The average molecular weight is 677 g/mol. The van der Waals surface area contributed by atoms with Crippen LogP contribution in [0.5, 0.6) is 0 Å². The summed E-state index contributed by atoms with van der Waals surface area (Å²) in [6, 6.07) is 32.0. The number of nitrogens with one attached hydrogen (secondary N) is 1. The third-order valence-corrected chi connectivity index (χ3v) is 10.7. The molecule has 0 aliphatic rings. The number of hydrogen-bond donors (Lipinski definition) is 1. The summed E-state index contributed by atoms with van der Waals surface area (Å²) < 4.78 is 0. The van der Waals surface area contributed by atoms with Crippen molar-refractivity contribution in [1.82, 2.24) is 10.2 Å². The van der Waals surface area contributed by atoms with Crippen molar-refractivity contribution in [3.8, 4) is 0 Å². The van der Waals surface area contributed by atoms with E-state index >= 15 is 0 Å². The van der Waals surface area contributed by atoms with Gasteiger partial charge in [0.05, 0.1) is 11.4 Å². The molecule has 1 radical (unpaired) electrons. The summed E-state index contributed by atoms with van der Waals surface area (Å²) >= 11 is 10.7. The van der Waals surface area contributed by atoms with E-state index in [9.17, 15) is 0 Å². The van der Waals surface area contributed by atoms with Gasteiger partial charge in [-0.25, -0.2) is 0 Å². The number of benzene rings is 3. The molecule has 0 aliphatic heterocycles. The topological polar surface area (TPSA) is 64.7 Å².